The van der Waals surface area contributed by atoms with Crippen molar-refractivity contribution in [2.24, 2.45) is 5.41 Å². The Morgan fingerprint density at radius 1 is 0.600 bits per heavy atom. The van der Waals surface area contributed by atoms with E-state index in [0.29, 0.717) is 11.3 Å². The lowest BCUT2D eigenvalue weighted by atomic mass is 9.67. The van der Waals surface area contributed by atoms with Crippen LogP contribution >= 0.6 is 0 Å². The van der Waals surface area contributed by atoms with E-state index in [-0.39, 0.29) is 33.8 Å². The van der Waals surface area contributed by atoms with Gasteiger partial charge in [0.25, 0.3) is 0 Å². The number of hydrogen-bond acceptors (Lipinski definition) is 4. The monoisotopic (exact) mass is 614 g/mol. The van der Waals surface area contributed by atoms with E-state index in [1.54, 1.807) is 42.5 Å². The van der Waals surface area contributed by atoms with Crippen molar-refractivity contribution in [3.8, 4) is 11.5 Å². The average Bonchev–Trinajstić information content (AvgIpc) is 2.94. The van der Waals surface area contributed by atoms with Crippen molar-refractivity contribution in [3.05, 3.63) is 130 Å². The number of aryl methyl sites for hydroxylation is 2. The minimum absolute atomic E-state index is 0.0105. The molecule has 234 valence electrons. The van der Waals surface area contributed by atoms with Gasteiger partial charge in [0.2, 0.25) is 0 Å². The second-order valence-corrected chi connectivity index (χ2v) is 13.5. The maximum atomic E-state index is 15.6. The Balaban J connectivity index is 1.51. The Bertz CT molecular complexity index is 1710. The van der Waals surface area contributed by atoms with Crippen LogP contribution < -0.4 is 9.47 Å². The van der Waals surface area contributed by atoms with Crippen molar-refractivity contribution < 1.29 is 32.2 Å². The second-order valence-electron chi connectivity index (χ2n) is 13.5. The number of ketones is 1. The van der Waals surface area contributed by atoms with E-state index in [9.17, 15) is 9.59 Å². The fraction of sp³-hybridized carbons (Fsp3) is 0.316. The molecule has 1 aliphatic rings. The van der Waals surface area contributed by atoms with Gasteiger partial charge in [-0.1, -0.05) is 75.4 Å². The third-order valence-electron chi connectivity index (χ3n) is 8.00. The first-order valence-corrected chi connectivity index (χ1v) is 15.0. The molecule has 0 saturated carbocycles. The molecule has 0 spiro atoms. The highest BCUT2D eigenvalue weighted by Crippen LogP contribution is 2.52. The van der Waals surface area contributed by atoms with E-state index < -0.39 is 28.6 Å². The van der Waals surface area contributed by atoms with Gasteiger partial charge < -0.3 is 9.47 Å². The summed E-state index contributed by atoms with van der Waals surface area (Å²) in [4.78, 5) is 25.4. The van der Waals surface area contributed by atoms with Gasteiger partial charge in [-0.2, -0.15) is 13.2 Å². The molecule has 4 aromatic carbocycles. The molecule has 1 atom stereocenters. The molecule has 0 bridgehead atoms. The highest BCUT2D eigenvalue weighted by Gasteiger charge is 2.58. The second kappa shape index (κ2) is 11.5. The van der Waals surface area contributed by atoms with Crippen LogP contribution in [0.2, 0.25) is 0 Å². The molecule has 0 amide bonds. The Hall–Kier alpha value is -4.39. The Morgan fingerprint density at radius 2 is 1.09 bits per heavy atom. The summed E-state index contributed by atoms with van der Waals surface area (Å²) in [5.74, 6) is -0.176. The summed E-state index contributed by atoms with van der Waals surface area (Å²) in [6, 6.07) is 22.7. The van der Waals surface area contributed by atoms with Crippen molar-refractivity contribution in [1.29, 1.82) is 0 Å². The van der Waals surface area contributed by atoms with Gasteiger partial charge in [-0.25, -0.2) is 4.79 Å². The molecular weight excluding hydrogens is 577 g/mol. The van der Waals surface area contributed by atoms with Crippen molar-refractivity contribution in [2.75, 3.05) is 0 Å². The predicted octanol–water partition coefficient (Wildman–Crippen LogP) is 9.31. The normalized spacial score (nSPS) is 14.5. The van der Waals surface area contributed by atoms with Gasteiger partial charge in [-0.3, -0.25) is 4.79 Å². The summed E-state index contributed by atoms with van der Waals surface area (Å²) in [6.07, 6.45) is -3.14. The number of halogens is 3. The zero-order valence-corrected chi connectivity index (χ0v) is 26.3. The number of esters is 1. The number of carbonyl (C=O) groups is 2. The summed E-state index contributed by atoms with van der Waals surface area (Å²) in [5.41, 5.74) is -0.760. The fourth-order valence-corrected chi connectivity index (χ4v) is 5.68. The molecule has 4 aromatic rings. The number of fused-ring (bicyclic) bond motifs is 1. The fourth-order valence-electron chi connectivity index (χ4n) is 5.68. The predicted molar refractivity (Wildman–Crippen MR) is 168 cm³/mol. The van der Waals surface area contributed by atoms with Crippen LogP contribution in [0.25, 0.3) is 0 Å². The van der Waals surface area contributed by atoms with Crippen LogP contribution in [0.3, 0.4) is 0 Å². The molecule has 0 saturated heterocycles. The van der Waals surface area contributed by atoms with E-state index in [0.717, 1.165) is 24.0 Å². The van der Waals surface area contributed by atoms with Gasteiger partial charge in [0.05, 0.1) is 5.56 Å². The number of rotatable bonds is 7. The van der Waals surface area contributed by atoms with E-state index in [1.807, 2.05) is 41.5 Å². The molecule has 1 aliphatic carbocycles. The molecule has 45 heavy (non-hydrogen) atoms. The van der Waals surface area contributed by atoms with Gasteiger partial charge in [-0.05, 0) is 97.8 Å². The maximum Gasteiger partial charge on any atom is 0.406 e. The zero-order valence-electron chi connectivity index (χ0n) is 26.3. The van der Waals surface area contributed by atoms with Gasteiger partial charge >= 0.3 is 12.1 Å². The maximum absolute atomic E-state index is 15.6. The quantitative estimate of drug-likeness (QED) is 0.0901. The number of carbonyl (C=O) groups excluding carboxylic acids is 2. The number of Topliss-reactive ketones (excluding diaryl/α,β-unsaturated/α-hetero) is 1. The lowest BCUT2D eigenvalue weighted by molar-refractivity contribution is -0.166. The number of hydrogen-bond donors (Lipinski definition) is 0. The molecule has 0 fully saturated rings. The van der Waals surface area contributed by atoms with E-state index in [4.69, 9.17) is 9.47 Å². The smallest absolute Gasteiger partial charge is 0.406 e. The SMILES string of the molecule is CC(C)(C)Oc1ccc(C(c2ccc(OC(=O)c3ccc(C(=O)C(C)(C)C)cc3)cc2)(c2ccc3c(c2)CC3)C(F)(F)F)cc1. The molecule has 0 heterocycles. The molecule has 1 unspecified atom stereocenters. The Morgan fingerprint density at radius 3 is 1.53 bits per heavy atom. The van der Waals surface area contributed by atoms with Gasteiger partial charge in [0.1, 0.15) is 22.5 Å². The van der Waals surface area contributed by atoms with Crippen molar-refractivity contribution >= 4 is 11.8 Å². The van der Waals surface area contributed by atoms with Crippen LogP contribution in [-0.2, 0) is 18.3 Å². The van der Waals surface area contributed by atoms with Gasteiger partial charge in [-0.15, -0.1) is 0 Å². The summed E-state index contributed by atoms with van der Waals surface area (Å²) >= 11 is 0. The molecule has 0 aliphatic heterocycles. The first kappa shape index (κ1) is 32.0. The highest BCUT2D eigenvalue weighted by atomic mass is 19.4. The average molecular weight is 615 g/mol. The summed E-state index contributed by atoms with van der Waals surface area (Å²) in [7, 11) is 0. The first-order chi connectivity index (χ1) is 21.0. The number of benzene rings is 4. The summed E-state index contributed by atoms with van der Waals surface area (Å²) in [5, 5.41) is 0. The van der Waals surface area contributed by atoms with Crippen molar-refractivity contribution in [1.82, 2.24) is 0 Å². The lowest BCUT2D eigenvalue weighted by Gasteiger charge is -2.39. The minimum Gasteiger partial charge on any atom is -0.488 e. The van der Waals surface area contributed by atoms with Crippen molar-refractivity contribution in [3.63, 3.8) is 0 Å². The first-order valence-electron chi connectivity index (χ1n) is 15.0. The van der Waals surface area contributed by atoms with Gasteiger partial charge in [0, 0.05) is 11.0 Å². The number of ether oxygens (including phenoxy) is 2. The van der Waals surface area contributed by atoms with E-state index in [2.05, 4.69) is 0 Å². The molecule has 0 aromatic heterocycles. The van der Waals surface area contributed by atoms with Crippen LogP contribution in [0.1, 0.15) is 90.1 Å². The largest absolute Gasteiger partial charge is 0.488 e. The van der Waals surface area contributed by atoms with Crippen LogP contribution in [0.5, 0.6) is 11.5 Å². The van der Waals surface area contributed by atoms with Gasteiger partial charge in [0.15, 0.2) is 5.78 Å². The van der Waals surface area contributed by atoms with Crippen LogP contribution in [0.15, 0.2) is 91.0 Å². The Labute approximate surface area is 262 Å². The molecule has 5 rings (SSSR count). The summed E-state index contributed by atoms with van der Waals surface area (Å²) in [6.45, 7) is 11.1. The third-order valence-corrected chi connectivity index (χ3v) is 8.00. The van der Waals surface area contributed by atoms with Crippen molar-refractivity contribution in [2.45, 2.75) is 71.6 Å². The molecule has 4 nitrogen and oxygen atoms in total. The summed E-state index contributed by atoms with van der Waals surface area (Å²) < 4.78 is 58.2. The zero-order chi connectivity index (χ0) is 32.8. The van der Waals surface area contributed by atoms with Crippen LogP contribution in [0.4, 0.5) is 13.2 Å². The van der Waals surface area contributed by atoms with Crippen LogP contribution in [-0.4, -0.2) is 23.5 Å². The lowest BCUT2D eigenvalue weighted by Crippen LogP contribution is -2.44. The van der Waals surface area contributed by atoms with E-state index in [1.165, 1.54) is 48.5 Å². The molecule has 0 radical (unpaired) electrons. The number of alkyl halides is 3. The minimum atomic E-state index is -4.72. The highest BCUT2D eigenvalue weighted by molar-refractivity contribution is 6.00. The molecular formula is C38H37F3O4. The Kier molecular flexibility index (Phi) is 8.19. The van der Waals surface area contributed by atoms with Crippen LogP contribution in [0, 0.1) is 5.41 Å². The third kappa shape index (κ3) is 6.39. The molecule has 0 N–H and O–H groups in total. The van der Waals surface area contributed by atoms with E-state index >= 15 is 13.2 Å². The molecule has 7 heteroatoms. The standard InChI is InChI=1S/C38H37F3O4/c1-35(2,3)33(42)25-8-10-26(11-9-25)34(43)44-31-19-15-28(16-20-31)37(38(39,40)41,30-14-13-24-7-12-27(24)23-30)29-17-21-32(22-18-29)45-36(4,5)6/h8-11,13-23H,7,12H2,1-6H3. The topological polar surface area (TPSA) is 52.6 Å².